The van der Waals surface area contributed by atoms with Crippen molar-refractivity contribution < 1.29 is 23.9 Å². The Morgan fingerprint density at radius 2 is 1.68 bits per heavy atom. The maximum absolute atomic E-state index is 12.3. The van der Waals surface area contributed by atoms with Crippen molar-refractivity contribution in [3.63, 3.8) is 0 Å². The van der Waals surface area contributed by atoms with Crippen LogP contribution in [0.3, 0.4) is 0 Å². The molecular formula is C19H26ClN3O5. The van der Waals surface area contributed by atoms with Gasteiger partial charge < -0.3 is 20.7 Å². The van der Waals surface area contributed by atoms with Gasteiger partial charge in [-0.2, -0.15) is 0 Å². The summed E-state index contributed by atoms with van der Waals surface area (Å²) >= 11 is 5.81. The Kier molecular flexibility index (Phi) is 10.0. The Morgan fingerprint density at radius 3 is 2.25 bits per heavy atom. The molecule has 0 heterocycles. The number of carbonyl (C=O) groups is 4. The molecule has 0 aliphatic carbocycles. The molecule has 0 saturated carbocycles. The second-order valence-electron chi connectivity index (χ2n) is 6.50. The molecule has 0 spiro atoms. The van der Waals surface area contributed by atoms with Gasteiger partial charge in [0, 0.05) is 17.1 Å². The van der Waals surface area contributed by atoms with Crippen molar-refractivity contribution in [3.8, 4) is 0 Å². The van der Waals surface area contributed by atoms with Crippen LogP contribution in [0, 0.1) is 5.92 Å². The van der Waals surface area contributed by atoms with Gasteiger partial charge in [0.05, 0.1) is 6.54 Å². The molecule has 1 rings (SSSR count). The number of nitrogens with one attached hydrogen (secondary N) is 3. The SMILES string of the molecule is CCNC(=O)CNC(=O)COC(=O)[C@H](CC(C)C)NC(=O)c1ccc(Cl)cc1. The van der Waals surface area contributed by atoms with Crippen LogP contribution in [0.2, 0.25) is 5.02 Å². The number of hydrogen-bond donors (Lipinski definition) is 3. The summed E-state index contributed by atoms with van der Waals surface area (Å²) in [6.45, 7) is 5.26. The minimum absolute atomic E-state index is 0.106. The van der Waals surface area contributed by atoms with Crippen molar-refractivity contribution in [2.45, 2.75) is 33.2 Å². The van der Waals surface area contributed by atoms with E-state index in [2.05, 4.69) is 16.0 Å². The third-order valence-corrected chi connectivity index (χ3v) is 3.82. The van der Waals surface area contributed by atoms with Crippen molar-refractivity contribution in [2.75, 3.05) is 19.7 Å². The summed E-state index contributed by atoms with van der Waals surface area (Å²) in [5, 5.41) is 7.99. The lowest BCUT2D eigenvalue weighted by atomic mass is 10.0. The van der Waals surface area contributed by atoms with Crippen LogP contribution < -0.4 is 16.0 Å². The quantitative estimate of drug-likeness (QED) is 0.502. The second-order valence-corrected chi connectivity index (χ2v) is 6.94. The van der Waals surface area contributed by atoms with Crippen molar-refractivity contribution in [2.24, 2.45) is 5.92 Å². The molecule has 154 valence electrons. The van der Waals surface area contributed by atoms with Gasteiger partial charge in [0.2, 0.25) is 5.91 Å². The fraction of sp³-hybridized carbons (Fsp3) is 0.474. The van der Waals surface area contributed by atoms with Crippen LogP contribution in [0.4, 0.5) is 0 Å². The standard InChI is InChI=1S/C19H26ClN3O5/c1-4-21-16(24)10-22-17(25)11-28-19(27)15(9-12(2)3)23-18(26)13-5-7-14(20)8-6-13/h5-8,12,15H,4,9-11H2,1-3H3,(H,21,24)(H,22,25)(H,23,26)/t15-/m0/s1. The van der Waals surface area contributed by atoms with Gasteiger partial charge in [0.25, 0.3) is 11.8 Å². The van der Waals surface area contributed by atoms with Gasteiger partial charge >= 0.3 is 5.97 Å². The average molecular weight is 412 g/mol. The zero-order valence-corrected chi connectivity index (χ0v) is 17.0. The number of benzene rings is 1. The lowest BCUT2D eigenvalue weighted by Crippen LogP contribution is -2.44. The van der Waals surface area contributed by atoms with E-state index in [1.165, 1.54) is 0 Å². The number of amides is 3. The van der Waals surface area contributed by atoms with Crippen LogP contribution in [0.5, 0.6) is 0 Å². The van der Waals surface area contributed by atoms with Crippen LogP contribution in [-0.2, 0) is 19.1 Å². The third-order valence-electron chi connectivity index (χ3n) is 3.57. The van der Waals surface area contributed by atoms with E-state index < -0.39 is 30.4 Å². The van der Waals surface area contributed by atoms with E-state index in [9.17, 15) is 19.2 Å². The maximum Gasteiger partial charge on any atom is 0.329 e. The highest BCUT2D eigenvalue weighted by Gasteiger charge is 2.24. The molecule has 8 nitrogen and oxygen atoms in total. The first-order valence-electron chi connectivity index (χ1n) is 8.99. The molecule has 3 amide bonds. The lowest BCUT2D eigenvalue weighted by Gasteiger charge is -2.19. The van der Waals surface area contributed by atoms with Crippen molar-refractivity contribution in [1.29, 1.82) is 0 Å². The Labute approximate surface area is 169 Å². The Morgan fingerprint density at radius 1 is 1.04 bits per heavy atom. The van der Waals surface area contributed by atoms with Gasteiger partial charge in [-0.05, 0) is 43.5 Å². The van der Waals surface area contributed by atoms with E-state index in [1.807, 2.05) is 13.8 Å². The molecule has 0 aliphatic heterocycles. The first-order valence-corrected chi connectivity index (χ1v) is 9.37. The number of halogens is 1. The first-order chi connectivity index (χ1) is 13.2. The van der Waals surface area contributed by atoms with Gasteiger partial charge in [-0.15, -0.1) is 0 Å². The summed E-state index contributed by atoms with van der Waals surface area (Å²) in [7, 11) is 0. The highest BCUT2D eigenvalue weighted by atomic mass is 35.5. The average Bonchev–Trinajstić information content (AvgIpc) is 2.64. The Balaban J connectivity index is 2.59. The van der Waals surface area contributed by atoms with Crippen molar-refractivity contribution >= 4 is 35.3 Å². The summed E-state index contributed by atoms with van der Waals surface area (Å²) < 4.78 is 5.00. The van der Waals surface area contributed by atoms with Crippen LogP contribution >= 0.6 is 11.6 Å². The zero-order valence-electron chi connectivity index (χ0n) is 16.2. The molecule has 0 unspecified atom stereocenters. The van der Waals surface area contributed by atoms with E-state index in [-0.39, 0.29) is 18.4 Å². The van der Waals surface area contributed by atoms with Crippen LogP contribution in [-0.4, -0.2) is 49.4 Å². The summed E-state index contributed by atoms with van der Waals surface area (Å²) in [4.78, 5) is 47.7. The Hall–Kier alpha value is -2.61. The van der Waals surface area contributed by atoms with Crippen LogP contribution in [0.25, 0.3) is 0 Å². The molecule has 3 N–H and O–H groups in total. The first kappa shape index (κ1) is 23.4. The molecule has 1 atom stereocenters. The smallest absolute Gasteiger partial charge is 0.329 e. The fourth-order valence-corrected chi connectivity index (χ4v) is 2.38. The lowest BCUT2D eigenvalue weighted by molar-refractivity contribution is -0.150. The monoisotopic (exact) mass is 411 g/mol. The minimum Gasteiger partial charge on any atom is -0.454 e. The molecule has 0 aromatic heterocycles. The highest BCUT2D eigenvalue weighted by Crippen LogP contribution is 2.11. The number of rotatable bonds is 10. The van der Waals surface area contributed by atoms with Crippen LogP contribution in [0.15, 0.2) is 24.3 Å². The molecule has 28 heavy (non-hydrogen) atoms. The highest BCUT2D eigenvalue weighted by molar-refractivity contribution is 6.30. The summed E-state index contributed by atoms with van der Waals surface area (Å²) in [6.07, 6.45) is 0.346. The van der Waals surface area contributed by atoms with E-state index in [4.69, 9.17) is 16.3 Å². The molecule has 0 aliphatic rings. The largest absolute Gasteiger partial charge is 0.454 e. The topological polar surface area (TPSA) is 114 Å². The van der Waals surface area contributed by atoms with E-state index in [1.54, 1.807) is 31.2 Å². The molecular weight excluding hydrogens is 386 g/mol. The molecule has 9 heteroatoms. The zero-order chi connectivity index (χ0) is 21.1. The number of ether oxygens (including phenoxy) is 1. The number of hydrogen-bond acceptors (Lipinski definition) is 5. The van der Waals surface area contributed by atoms with Crippen molar-refractivity contribution in [1.82, 2.24) is 16.0 Å². The molecule has 1 aromatic rings. The fourth-order valence-electron chi connectivity index (χ4n) is 2.26. The molecule has 1 aromatic carbocycles. The molecule has 0 saturated heterocycles. The molecule has 0 fully saturated rings. The predicted octanol–water partition coefficient (Wildman–Crippen LogP) is 1.28. The van der Waals surface area contributed by atoms with Crippen LogP contribution in [0.1, 0.15) is 37.6 Å². The van der Waals surface area contributed by atoms with Gasteiger partial charge in [0.1, 0.15) is 6.04 Å². The van der Waals surface area contributed by atoms with Gasteiger partial charge in [-0.25, -0.2) is 4.79 Å². The van der Waals surface area contributed by atoms with E-state index in [0.29, 0.717) is 23.6 Å². The van der Waals surface area contributed by atoms with Gasteiger partial charge in [0.15, 0.2) is 6.61 Å². The van der Waals surface area contributed by atoms with E-state index in [0.717, 1.165) is 0 Å². The van der Waals surface area contributed by atoms with E-state index >= 15 is 0 Å². The van der Waals surface area contributed by atoms with Gasteiger partial charge in [-0.3, -0.25) is 14.4 Å². The van der Waals surface area contributed by atoms with Gasteiger partial charge in [-0.1, -0.05) is 25.4 Å². The molecule has 0 radical (unpaired) electrons. The number of likely N-dealkylation sites (N-methyl/N-ethyl adjacent to an activating group) is 1. The normalized spacial score (nSPS) is 11.5. The third kappa shape index (κ3) is 8.85. The van der Waals surface area contributed by atoms with Crippen molar-refractivity contribution in [3.05, 3.63) is 34.9 Å². The number of esters is 1. The maximum atomic E-state index is 12.3. The molecule has 0 bridgehead atoms. The second kappa shape index (κ2) is 12.0. The minimum atomic E-state index is -0.903. The Bertz CT molecular complexity index is 691. The predicted molar refractivity (Wildman–Crippen MR) is 105 cm³/mol. The summed E-state index contributed by atoms with van der Waals surface area (Å²) in [6, 6.07) is 5.34. The summed E-state index contributed by atoms with van der Waals surface area (Å²) in [5.74, 6) is -2.00. The summed E-state index contributed by atoms with van der Waals surface area (Å²) in [5.41, 5.74) is 0.352. The number of carbonyl (C=O) groups excluding carboxylic acids is 4.